The van der Waals surface area contributed by atoms with Crippen molar-refractivity contribution in [3.05, 3.63) is 77.9 Å². The highest BCUT2D eigenvalue weighted by Gasteiger charge is 2.26. The molecule has 1 aromatic carbocycles. The Morgan fingerprint density at radius 1 is 1.00 bits per heavy atom. The van der Waals surface area contributed by atoms with E-state index < -0.39 is 11.7 Å². The molecule has 8 heteroatoms. The van der Waals surface area contributed by atoms with Crippen LogP contribution in [0.5, 0.6) is 11.6 Å². The van der Waals surface area contributed by atoms with E-state index in [0.717, 1.165) is 11.1 Å². The second-order valence-electron chi connectivity index (χ2n) is 7.16. The molecule has 4 rings (SSSR count). The summed E-state index contributed by atoms with van der Waals surface area (Å²) in [5.41, 5.74) is 3.32. The van der Waals surface area contributed by atoms with E-state index in [4.69, 9.17) is 9.47 Å². The van der Waals surface area contributed by atoms with E-state index in [1.54, 1.807) is 37.7 Å². The molecule has 0 saturated carbocycles. The number of nitrogens with zero attached hydrogens (tertiary/aromatic N) is 3. The van der Waals surface area contributed by atoms with Crippen molar-refractivity contribution in [3.63, 3.8) is 0 Å². The number of hydrogen-bond acceptors (Lipinski definition) is 6. The van der Waals surface area contributed by atoms with Gasteiger partial charge in [-0.1, -0.05) is 0 Å². The number of Topliss-reactive ketones (excluding diaryl/α,β-unsaturated/α-hetero) is 1. The van der Waals surface area contributed by atoms with Crippen LogP contribution < -0.4 is 14.8 Å². The van der Waals surface area contributed by atoms with E-state index in [-0.39, 0.29) is 0 Å². The maximum atomic E-state index is 13.3. The van der Waals surface area contributed by atoms with Gasteiger partial charge in [-0.25, -0.2) is 4.98 Å². The second kappa shape index (κ2) is 8.89. The Morgan fingerprint density at radius 2 is 1.78 bits per heavy atom. The lowest BCUT2D eigenvalue weighted by Gasteiger charge is -2.09. The Bertz CT molecular complexity index is 1300. The van der Waals surface area contributed by atoms with Crippen molar-refractivity contribution in [3.8, 4) is 11.6 Å². The zero-order valence-corrected chi connectivity index (χ0v) is 18.0. The van der Waals surface area contributed by atoms with E-state index in [2.05, 4.69) is 15.3 Å². The van der Waals surface area contributed by atoms with E-state index in [1.165, 1.54) is 13.3 Å². The number of fused-ring (bicyclic) bond motifs is 1. The Balaban J connectivity index is 1.75. The average Bonchev–Trinajstić information content (AvgIpc) is 3.09. The van der Waals surface area contributed by atoms with Gasteiger partial charge in [-0.15, -0.1) is 0 Å². The first kappa shape index (κ1) is 21.0. The summed E-state index contributed by atoms with van der Waals surface area (Å²) in [6.07, 6.45) is 4.94. The normalized spacial score (nSPS) is 10.7. The Labute approximate surface area is 184 Å². The number of amides is 1. The number of rotatable bonds is 7. The van der Waals surface area contributed by atoms with Gasteiger partial charge in [-0.3, -0.25) is 14.6 Å². The fourth-order valence-corrected chi connectivity index (χ4v) is 3.65. The number of anilines is 1. The zero-order chi connectivity index (χ0) is 22.7. The number of nitrogens with one attached hydrogen (secondary N) is 1. The summed E-state index contributed by atoms with van der Waals surface area (Å²) in [6.45, 7) is 2.37. The molecule has 0 fully saturated rings. The minimum atomic E-state index is -0.743. The summed E-state index contributed by atoms with van der Waals surface area (Å²) in [5.74, 6) is -0.436. The number of aromatic nitrogens is 3. The maximum absolute atomic E-state index is 13.3. The SMILES string of the molecule is COc1ccc2c(c1)c(C(=O)C(=O)Nc1ccnc(OC)c1)c(C)n2Cc1ccncc1. The summed E-state index contributed by atoms with van der Waals surface area (Å²) >= 11 is 0. The van der Waals surface area contributed by atoms with E-state index >= 15 is 0 Å². The summed E-state index contributed by atoms with van der Waals surface area (Å²) in [6, 6.07) is 12.5. The van der Waals surface area contributed by atoms with E-state index in [1.807, 2.05) is 35.8 Å². The maximum Gasteiger partial charge on any atom is 0.296 e. The molecule has 32 heavy (non-hydrogen) atoms. The third-order valence-corrected chi connectivity index (χ3v) is 5.26. The molecular formula is C24H22N4O4. The fraction of sp³-hybridized carbons (Fsp3) is 0.167. The number of hydrogen-bond donors (Lipinski definition) is 1. The van der Waals surface area contributed by atoms with Crippen LogP contribution >= 0.6 is 0 Å². The molecule has 1 amide bonds. The number of pyridine rings is 2. The highest BCUT2D eigenvalue weighted by atomic mass is 16.5. The lowest BCUT2D eigenvalue weighted by atomic mass is 10.1. The standard InChI is InChI=1S/C24H22N4O4/c1-15-22(23(29)24(30)27-17-8-11-26-21(12-17)32-3)19-13-18(31-2)4-5-20(19)28(15)14-16-6-9-25-10-7-16/h4-13H,14H2,1-3H3,(H,26,27,30). The van der Waals surface area contributed by atoms with Crippen molar-refractivity contribution in [2.24, 2.45) is 0 Å². The molecule has 0 radical (unpaired) electrons. The van der Waals surface area contributed by atoms with Crippen LogP contribution in [-0.4, -0.2) is 40.4 Å². The molecule has 0 spiro atoms. The number of carbonyl (C=O) groups excluding carboxylic acids is 2. The predicted octanol–water partition coefficient (Wildman–Crippen LogP) is 3.63. The molecule has 3 aromatic heterocycles. The average molecular weight is 430 g/mol. The minimum Gasteiger partial charge on any atom is -0.497 e. The van der Waals surface area contributed by atoms with Crippen molar-refractivity contribution in [1.82, 2.24) is 14.5 Å². The molecule has 0 atom stereocenters. The molecule has 0 aliphatic rings. The Kier molecular flexibility index (Phi) is 5.85. The van der Waals surface area contributed by atoms with Gasteiger partial charge in [0.05, 0.1) is 19.8 Å². The topological polar surface area (TPSA) is 95.3 Å². The lowest BCUT2D eigenvalue weighted by Crippen LogP contribution is -2.23. The number of benzene rings is 1. The largest absolute Gasteiger partial charge is 0.497 e. The fourth-order valence-electron chi connectivity index (χ4n) is 3.65. The van der Waals surface area contributed by atoms with Gasteiger partial charge in [0, 0.05) is 53.5 Å². The van der Waals surface area contributed by atoms with Gasteiger partial charge in [0.1, 0.15) is 5.75 Å². The first-order valence-electron chi connectivity index (χ1n) is 9.93. The monoisotopic (exact) mass is 430 g/mol. The number of ketones is 1. The van der Waals surface area contributed by atoms with Crippen LogP contribution in [0.4, 0.5) is 5.69 Å². The van der Waals surface area contributed by atoms with Crippen molar-refractivity contribution in [1.29, 1.82) is 0 Å². The molecule has 0 bridgehead atoms. The second-order valence-corrected chi connectivity index (χ2v) is 7.16. The van der Waals surface area contributed by atoms with Crippen LogP contribution in [0.3, 0.4) is 0 Å². The van der Waals surface area contributed by atoms with Gasteiger partial charge < -0.3 is 19.4 Å². The van der Waals surface area contributed by atoms with Gasteiger partial charge in [0.25, 0.3) is 11.7 Å². The Hall–Kier alpha value is -4.20. The number of ether oxygens (including phenoxy) is 2. The quantitative estimate of drug-likeness (QED) is 0.355. The number of carbonyl (C=O) groups is 2. The summed E-state index contributed by atoms with van der Waals surface area (Å²) in [7, 11) is 3.04. The summed E-state index contributed by atoms with van der Waals surface area (Å²) < 4.78 is 12.4. The molecule has 4 aromatic rings. The van der Waals surface area contributed by atoms with Crippen LogP contribution in [0.1, 0.15) is 21.6 Å². The van der Waals surface area contributed by atoms with Gasteiger partial charge in [0.2, 0.25) is 5.88 Å². The lowest BCUT2D eigenvalue weighted by molar-refractivity contribution is -0.112. The van der Waals surface area contributed by atoms with Gasteiger partial charge in [-0.2, -0.15) is 0 Å². The third-order valence-electron chi connectivity index (χ3n) is 5.26. The van der Waals surface area contributed by atoms with E-state index in [0.29, 0.717) is 40.5 Å². The van der Waals surface area contributed by atoms with Crippen molar-refractivity contribution in [2.45, 2.75) is 13.5 Å². The van der Waals surface area contributed by atoms with Crippen LogP contribution in [0, 0.1) is 6.92 Å². The summed E-state index contributed by atoms with van der Waals surface area (Å²) in [5, 5.41) is 3.29. The molecule has 3 heterocycles. The molecule has 0 aliphatic carbocycles. The minimum absolute atomic E-state index is 0.338. The number of methoxy groups -OCH3 is 2. The smallest absolute Gasteiger partial charge is 0.296 e. The van der Waals surface area contributed by atoms with Crippen LogP contribution in [-0.2, 0) is 11.3 Å². The molecule has 0 saturated heterocycles. The zero-order valence-electron chi connectivity index (χ0n) is 18.0. The highest BCUT2D eigenvalue weighted by Crippen LogP contribution is 2.31. The molecule has 0 aliphatic heterocycles. The molecular weight excluding hydrogens is 408 g/mol. The third kappa shape index (κ3) is 4.02. The van der Waals surface area contributed by atoms with Crippen molar-refractivity contribution >= 4 is 28.3 Å². The van der Waals surface area contributed by atoms with Gasteiger partial charge >= 0.3 is 0 Å². The van der Waals surface area contributed by atoms with Crippen LogP contribution in [0.2, 0.25) is 0 Å². The first-order valence-corrected chi connectivity index (χ1v) is 9.93. The van der Waals surface area contributed by atoms with Crippen LogP contribution in [0.25, 0.3) is 10.9 Å². The highest BCUT2D eigenvalue weighted by molar-refractivity contribution is 6.48. The van der Waals surface area contributed by atoms with Gasteiger partial charge in [0.15, 0.2) is 0 Å². The predicted molar refractivity (Wildman–Crippen MR) is 120 cm³/mol. The molecule has 8 nitrogen and oxygen atoms in total. The van der Waals surface area contributed by atoms with Crippen LogP contribution in [0.15, 0.2) is 61.1 Å². The summed E-state index contributed by atoms with van der Waals surface area (Å²) in [4.78, 5) is 34.2. The van der Waals surface area contributed by atoms with E-state index in [9.17, 15) is 9.59 Å². The first-order chi connectivity index (χ1) is 15.5. The molecule has 0 unspecified atom stereocenters. The van der Waals surface area contributed by atoms with Crippen molar-refractivity contribution in [2.75, 3.05) is 19.5 Å². The Morgan fingerprint density at radius 3 is 2.50 bits per heavy atom. The molecule has 162 valence electrons. The van der Waals surface area contributed by atoms with Gasteiger partial charge in [-0.05, 0) is 48.9 Å². The van der Waals surface area contributed by atoms with Crippen molar-refractivity contribution < 1.29 is 19.1 Å². The molecule has 1 N–H and O–H groups in total.